The van der Waals surface area contributed by atoms with Crippen molar-refractivity contribution in [3.63, 3.8) is 0 Å². The summed E-state index contributed by atoms with van der Waals surface area (Å²) < 4.78 is 0. The van der Waals surface area contributed by atoms with Crippen LogP contribution in [0.3, 0.4) is 0 Å². The molecule has 1 saturated carbocycles. The van der Waals surface area contributed by atoms with Crippen LogP contribution in [0.2, 0.25) is 0 Å². The Labute approximate surface area is 127 Å². The van der Waals surface area contributed by atoms with Gasteiger partial charge in [0.05, 0.1) is 0 Å². The Morgan fingerprint density at radius 2 is 2.10 bits per heavy atom. The molecule has 1 aromatic carbocycles. The quantitative estimate of drug-likeness (QED) is 0.874. The van der Waals surface area contributed by atoms with Gasteiger partial charge in [-0.1, -0.05) is 38.1 Å². The Bertz CT molecular complexity index is 550. The van der Waals surface area contributed by atoms with E-state index in [1.165, 1.54) is 11.1 Å². The van der Waals surface area contributed by atoms with Crippen LogP contribution < -0.4 is 11.1 Å². The van der Waals surface area contributed by atoms with E-state index in [0.717, 1.165) is 32.1 Å². The number of carbonyl (C=O) groups excluding carboxylic acids is 1. The molecule has 2 atom stereocenters. The topological polar surface area (TPSA) is 55.1 Å². The van der Waals surface area contributed by atoms with E-state index in [1.54, 1.807) is 0 Å². The van der Waals surface area contributed by atoms with E-state index in [-0.39, 0.29) is 22.8 Å². The average Bonchev–Trinajstić information content (AvgIpc) is 3.14. The highest BCUT2D eigenvalue weighted by molar-refractivity contribution is 5.85. The maximum absolute atomic E-state index is 12.5. The first-order valence-corrected chi connectivity index (χ1v) is 8.19. The van der Waals surface area contributed by atoms with E-state index in [4.69, 9.17) is 5.73 Å². The van der Waals surface area contributed by atoms with Crippen LogP contribution in [0.5, 0.6) is 0 Å². The highest BCUT2D eigenvalue weighted by Gasteiger charge is 2.61. The summed E-state index contributed by atoms with van der Waals surface area (Å²) in [5, 5.41) is 3.11. The van der Waals surface area contributed by atoms with Crippen molar-refractivity contribution in [1.29, 1.82) is 0 Å². The van der Waals surface area contributed by atoms with Crippen LogP contribution in [0, 0.1) is 5.92 Å². The van der Waals surface area contributed by atoms with Gasteiger partial charge in [0.25, 0.3) is 0 Å². The highest BCUT2D eigenvalue weighted by Crippen LogP contribution is 2.61. The minimum absolute atomic E-state index is 0.135. The monoisotopic (exact) mass is 286 g/mol. The van der Waals surface area contributed by atoms with Crippen LogP contribution in [0.15, 0.2) is 24.3 Å². The first kappa shape index (κ1) is 14.6. The number of nitrogens with one attached hydrogen (secondary N) is 1. The summed E-state index contributed by atoms with van der Waals surface area (Å²) >= 11 is 0. The van der Waals surface area contributed by atoms with Gasteiger partial charge in [-0.2, -0.15) is 0 Å². The van der Waals surface area contributed by atoms with E-state index in [9.17, 15) is 4.79 Å². The van der Waals surface area contributed by atoms with Gasteiger partial charge in [0, 0.05) is 23.4 Å². The first-order valence-electron chi connectivity index (χ1n) is 8.19. The number of aryl methyl sites for hydroxylation is 1. The van der Waals surface area contributed by atoms with Gasteiger partial charge in [-0.25, -0.2) is 0 Å². The molecule has 0 aliphatic heterocycles. The minimum Gasteiger partial charge on any atom is -0.354 e. The lowest BCUT2D eigenvalue weighted by molar-refractivity contribution is -0.123. The van der Waals surface area contributed by atoms with Gasteiger partial charge in [0.15, 0.2) is 0 Å². The standard InChI is InChI=1S/C18H26N2O/c1-3-17(19,4-2)12-20-16(21)15-11-18(15)10-9-13-7-5-6-8-14(13)18/h5-8,15H,3-4,9-12,19H2,1-2H3,(H,20,21). The van der Waals surface area contributed by atoms with E-state index in [2.05, 4.69) is 43.4 Å². The molecule has 0 aromatic heterocycles. The van der Waals surface area contributed by atoms with E-state index >= 15 is 0 Å². The Morgan fingerprint density at radius 3 is 2.81 bits per heavy atom. The van der Waals surface area contributed by atoms with Gasteiger partial charge in [0.2, 0.25) is 5.91 Å². The lowest BCUT2D eigenvalue weighted by atomic mass is 9.93. The molecular formula is C18H26N2O. The van der Waals surface area contributed by atoms with Crippen LogP contribution >= 0.6 is 0 Å². The van der Waals surface area contributed by atoms with Crippen molar-refractivity contribution >= 4 is 5.91 Å². The molecular weight excluding hydrogens is 260 g/mol. The van der Waals surface area contributed by atoms with Crippen molar-refractivity contribution in [1.82, 2.24) is 5.32 Å². The lowest BCUT2D eigenvalue weighted by Crippen LogP contribution is -2.49. The number of hydrogen-bond donors (Lipinski definition) is 2. The molecule has 0 radical (unpaired) electrons. The highest BCUT2D eigenvalue weighted by atomic mass is 16.2. The molecule has 0 heterocycles. The molecule has 2 unspecified atom stereocenters. The summed E-state index contributed by atoms with van der Waals surface area (Å²) in [4.78, 5) is 12.5. The lowest BCUT2D eigenvalue weighted by Gasteiger charge is -2.27. The molecule has 1 spiro atoms. The van der Waals surface area contributed by atoms with E-state index in [0.29, 0.717) is 6.54 Å². The van der Waals surface area contributed by atoms with Crippen molar-refractivity contribution in [2.24, 2.45) is 11.7 Å². The molecule has 1 fully saturated rings. The second kappa shape index (κ2) is 5.13. The van der Waals surface area contributed by atoms with Gasteiger partial charge in [-0.15, -0.1) is 0 Å². The van der Waals surface area contributed by atoms with Gasteiger partial charge in [0.1, 0.15) is 0 Å². The molecule has 1 amide bonds. The number of amides is 1. The minimum atomic E-state index is -0.259. The second-order valence-corrected chi connectivity index (χ2v) is 6.86. The zero-order valence-corrected chi connectivity index (χ0v) is 13.1. The Hall–Kier alpha value is -1.35. The van der Waals surface area contributed by atoms with Gasteiger partial charge >= 0.3 is 0 Å². The third-order valence-electron chi connectivity index (χ3n) is 5.81. The van der Waals surface area contributed by atoms with E-state index in [1.807, 2.05) is 0 Å². The van der Waals surface area contributed by atoms with Crippen molar-refractivity contribution in [3.05, 3.63) is 35.4 Å². The number of hydrogen-bond acceptors (Lipinski definition) is 2. The Morgan fingerprint density at radius 1 is 1.38 bits per heavy atom. The fraction of sp³-hybridized carbons (Fsp3) is 0.611. The molecule has 0 bridgehead atoms. The number of fused-ring (bicyclic) bond motifs is 2. The zero-order valence-electron chi connectivity index (χ0n) is 13.1. The summed E-state index contributed by atoms with van der Waals surface area (Å²) in [5.41, 5.74) is 8.99. The fourth-order valence-corrected chi connectivity index (χ4v) is 3.83. The summed E-state index contributed by atoms with van der Waals surface area (Å²) in [7, 11) is 0. The molecule has 3 heteroatoms. The first-order chi connectivity index (χ1) is 10.0. The smallest absolute Gasteiger partial charge is 0.224 e. The van der Waals surface area contributed by atoms with Crippen LogP contribution in [-0.4, -0.2) is 18.0 Å². The Kier molecular flexibility index (Phi) is 3.56. The fourth-order valence-electron chi connectivity index (χ4n) is 3.83. The average molecular weight is 286 g/mol. The molecule has 0 saturated heterocycles. The van der Waals surface area contributed by atoms with Crippen LogP contribution in [0.1, 0.15) is 50.7 Å². The SMILES string of the molecule is CCC(N)(CC)CNC(=O)C1CC12CCc1ccccc12. The van der Waals surface area contributed by atoms with Crippen LogP contribution in [0.4, 0.5) is 0 Å². The van der Waals surface area contributed by atoms with Crippen LogP contribution in [0.25, 0.3) is 0 Å². The number of carbonyl (C=O) groups is 1. The van der Waals surface area contributed by atoms with Crippen molar-refractivity contribution in [3.8, 4) is 0 Å². The maximum atomic E-state index is 12.5. The van der Waals surface area contributed by atoms with Gasteiger partial charge < -0.3 is 11.1 Å². The summed E-state index contributed by atoms with van der Waals surface area (Å²) in [5.74, 6) is 0.350. The molecule has 3 rings (SSSR count). The summed E-state index contributed by atoms with van der Waals surface area (Å²) in [6.07, 6.45) is 5.03. The third kappa shape index (κ3) is 2.38. The molecule has 114 valence electrons. The van der Waals surface area contributed by atoms with Crippen LogP contribution in [-0.2, 0) is 16.6 Å². The Balaban J connectivity index is 1.65. The van der Waals surface area contributed by atoms with Gasteiger partial charge in [-0.05, 0) is 43.2 Å². The second-order valence-electron chi connectivity index (χ2n) is 6.86. The number of rotatable bonds is 5. The summed E-state index contributed by atoms with van der Waals surface area (Å²) in [6, 6.07) is 8.61. The predicted molar refractivity (Wildman–Crippen MR) is 85.1 cm³/mol. The molecule has 3 nitrogen and oxygen atoms in total. The molecule has 21 heavy (non-hydrogen) atoms. The number of benzene rings is 1. The van der Waals surface area contributed by atoms with Gasteiger partial charge in [-0.3, -0.25) is 4.79 Å². The number of nitrogens with two attached hydrogens (primary N) is 1. The van der Waals surface area contributed by atoms with Crippen molar-refractivity contribution in [2.75, 3.05) is 6.54 Å². The van der Waals surface area contributed by atoms with Crippen molar-refractivity contribution in [2.45, 2.75) is 56.9 Å². The molecule has 3 N–H and O–H groups in total. The zero-order chi connectivity index (χ0) is 15.1. The summed E-state index contributed by atoms with van der Waals surface area (Å²) in [6.45, 7) is 4.76. The largest absolute Gasteiger partial charge is 0.354 e. The molecule has 2 aliphatic rings. The predicted octanol–water partition coefficient (Wildman–Crippen LogP) is 2.52. The van der Waals surface area contributed by atoms with Crippen molar-refractivity contribution < 1.29 is 4.79 Å². The molecule has 2 aliphatic carbocycles. The normalized spacial score (nSPS) is 26.7. The maximum Gasteiger partial charge on any atom is 0.224 e. The molecule has 1 aromatic rings. The van der Waals surface area contributed by atoms with E-state index < -0.39 is 0 Å². The third-order valence-corrected chi connectivity index (χ3v) is 5.81.